The molecule has 0 saturated carbocycles. The lowest BCUT2D eigenvalue weighted by atomic mass is 9.86. The summed E-state index contributed by atoms with van der Waals surface area (Å²) in [5.74, 6) is -4.38. The van der Waals surface area contributed by atoms with Gasteiger partial charge in [-0.1, -0.05) is 42.8 Å². The number of aliphatic hydroxyl groups excluding tert-OH is 2. The standard InChI is InChI=1S/C26H29ClF3N3O5/c1-13(2)24(37-12-14-4-6-16(27)7-5-14)26-25(36-3)22(23(35)20(11-34)38-26)33-10-19(31-32-33)15-8-17(28)21(30)18(29)9-15/h4-10,13,20,22-26,34-35H,11-12H2,1-3H3/t20?,22-,23-,24+,25?,26-/m0/s1. The van der Waals surface area contributed by atoms with E-state index in [1.54, 1.807) is 12.1 Å². The summed E-state index contributed by atoms with van der Waals surface area (Å²) >= 11 is 5.98. The van der Waals surface area contributed by atoms with Gasteiger partial charge in [-0.15, -0.1) is 5.10 Å². The van der Waals surface area contributed by atoms with Crippen LogP contribution < -0.4 is 0 Å². The zero-order valence-electron chi connectivity index (χ0n) is 21.0. The lowest BCUT2D eigenvalue weighted by molar-refractivity contribution is -0.248. The van der Waals surface area contributed by atoms with E-state index in [9.17, 15) is 23.4 Å². The first kappa shape index (κ1) is 28.5. The lowest BCUT2D eigenvalue weighted by Crippen LogP contribution is -2.60. The molecule has 0 radical (unpaired) electrons. The van der Waals surface area contributed by atoms with Gasteiger partial charge in [0.25, 0.3) is 0 Å². The lowest BCUT2D eigenvalue weighted by Gasteiger charge is -2.46. The van der Waals surface area contributed by atoms with Crippen LogP contribution in [0.3, 0.4) is 0 Å². The molecule has 1 aliphatic rings. The highest BCUT2D eigenvalue weighted by molar-refractivity contribution is 6.30. The predicted octanol–water partition coefficient (Wildman–Crippen LogP) is 3.93. The van der Waals surface area contributed by atoms with Crippen LogP contribution in [0.1, 0.15) is 25.5 Å². The number of nitrogens with zero attached hydrogens (tertiary/aromatic N) is 3. The molecule has 2 unspecified atom stereocenters. The second-order valence-corrected chi connectivity index (χ2v) is 9.92. The summed E-state index contributed by atoms with van der Waals surface area (Å²) < 4.78 is 60.4. The fraction of sp³-hybridized carbons (Fsp3) is 0.462. The van der Waals surface area contributed by atoms with Crippen molar-refractivity contribution in [3.8, 4) is 11.3 Å². The molecule has 2 N–H and O–H groups in total. The van der Waals surface area contributed by atoms with Crippen LogP contribution in [0.2, 0.25) is 5.02 Å². The second-order valence-electron chi connectivity index (χ2n) is 9.49. The molecule has 0 bridgehead atoms. The zero-order chi connectivity index (χ0) is 27.6. The van der Waals surface area contributed by atoms with Crippen molar-refractivity contribution < 1.29 is 37.6 Å². The fourth-order valence-electron chi connectivity index (χ4n) is 4.66. The van der Waals surface area contributed by atoms with Gasteiger partial charge in [0.2, 0.25) is 0 Å². The molecule has 1 fully saturated rings. The van der Waals surface area contributed by atoms with Crippen LogP contribution in [0.4, 0.5) is 13.2 Å². The summed E-state index contributed by atoms with van der Waals surface area (Å²) in [5.41, 5.74) is 0.900. The number of ether oxygens (including phenoxy) is 3. The van der Waals surface area contributed by atoms with Gasteiger partial charge in [-0.3, -0.25) is 0 Å². The first-order chi connectivity index (χ1) is 18.1. The van der Waals surface area contributed by atoms with Gasteiger partial charge in [-0.05, 0) is 35.7 Å². The Balaban J connectivity index is 1.64. The van der Waals surface area contributed by atoms with E-state index in [0.29, 0.717) is 5.02 Å². The molecule has 12 heteroatoms. The van der Waals surface area contributed by atoms with Gasteiger partial charge >= 0.3 is 0 Å². The number of benzene rings is 2. The third-order valence-corrected chi connectivity index (χ3v) is 6.86. The highest BCUT2D eigenvalue weighted by Gasteiger charge is 2.50. The maximum atomic E-state index is 13.8. The summed E-state index contributed by atoms with van der Waals surface area (Å²) in [4.78, 5) is 0. The number of aromatic nitrogens is 3. The largest absolute Gasteiger partial charge is 0.394 e. The minimum absolute atomic E-state index is 0.0372. The highest BCUT2D eigenvalue weighted by Crippen LogP contribution is 2.36. The molecule has 38 heavy (non-hydrogen) atoms. The van der Waals surface area contributed by atoms with Gasteiger partial charge in [0, 0.05) is 17.7 Å². The first-order valence-corrected chi connectivity index (χ1v) is 12.4. The minimum atomic E-state index is -1.59. The quantitative estimate of drug-likeness (QED) is 0.386. The molecule has 1 aliphatic heterocycles. The SMILES string of the molecule is COC1[C@H]([C@H](OCc2ccc(Cl)cc2)C(C)C)OC(CO)[C@H](O)[C@@H]1n1cc(-c2cc(F)c(F)c(F)c2)nn1. The number of hydrogen-bond donors (Lipinski definition) is 2. The molecule has 0 spiro atoms. The minimum Gasteiger partial charge on any atom is -0.394 e. The number of methoxy groups -OCH3 is 1. The van der Waals surface area contributed by atoms with Crippen LogP contribution in [-0.4, -0.2) is 69.4 Å². The Hall–Kier alpha value is -2.54. The van der Waals surface area contributed by atoms with E-state index in [0.717, 1.165) is 17.7 Å². The zero-order valence-corrected chi connectivity index (χ0v) is 21.7. The van der Waals surface area contributed by atoms with Crippen LogP contribution in [0.25, 0.3) is 11.3 Å². The van der Waals surface area contributed by atoms with Gasteiger partial charge < -0.3 is 24.4 Å². The maximum Gasteiger partial charge on any atom is 0.194 e. The number of rotatable bonds is 9. The fourth-order valence-corrected chi connectivity index (χ4v) is 4.79. The molecule has 206 valence electrons. The molecule has 3 aromatic rings. The van der Waals surface area contributed by atoms with Crippen molar-refractivity contribution in [1.29, 1.82) is 0 Å². The molecular formula is C26H29ClF3N3O5. The number of halogens is 4. The van der Waals surface area contributed by atoms with Crippen molar-refractivity contribution in [2.24, 2.45) is 5.92 Å². The van der Waals surface area contributed by atoms with E-state index in [4.69, 9.17) is 25.8 Å². The Morgan fingerprint density at radius 3 is 2.37 bits per heavy atom. The van der Waals surface area contributed by atoms with Crippen LogP contribution in [-0.2, 0) is 20.8 Å². The van der Waals surface area contributed by atoms with Gasteiger partial charge in [0.15, 0.2) is 17.5 Å². The molecule has 1 aromatic heterocycles. The Morgan fingerprint density at radius 1 is 1.13 bits per heavy atom. The third kappa shape index (κ3) is 5.88. The normalized spacial score (nSPS) is 24.6. The molecule has 8 nitrogen and oxygen atoms in total. The first-order valence-electron chi connectivity index (χ1n) is 12.0. The van der Waals surface area contributed by atoms with Crippen molar-refractivity contribution in [3.05, 3.63) is 70.6 Å². The molecule has 6 atom stereocenters. The van der Waals surface area contributed by atoms with E-state index in [1.807, 2.05) is 26.0 Å². The molecule has 1 saturated heterocycles. The molecule has 4 rings (SSSR count). The highest BCUT2D eigenvalue weighted by atomic mass is 35.5. The summed E-state index contributed by atoms with van der Waals surface area (Å²) in [6.45, 7) is 3.65. The van der Waals surface area contributed by atoms with E-state index in [1.165, 1.54) is 18.0 Å². The van der Waals surface area contributed by atoms with Crippen molar-refractivity contribution in [2.45, 2.75) is 57.0 Å². The third-order valence-electron chi connectivity index (χ3n) is 6.61. The van der Waals surface area contributed by atoms with Crippen LogP contribution in [0.15, 0.2) is 42.6 Å². The summed E-state index contributed by atoms with van der Waals surface area (Å²) in [5, 5.41) is 29.7. The Bertz CT molecular complexity index is 1210. The van der Waals surface area contributed by atoms with Gasteiger partial charge in [0.05, 0.1) is 25.5 Å². The number of aliphatic hydroxyl groups is 2. The smallest absolute Gasteiger partial charge is 0.194 e. The second kappa shape index (κ2) is 12.1. The van der Waals surface area contributed by atoms with E-state index >= 15 is 0 Å². The molecule has 2 heterocycles. The summed E-state index contributed by atoms with van der Waals surface area (Å²) in [6.07, 6.45) is -3.01. The molecule has 0 amide bonds. The van der Waals surface area contributed by atoms with Gasteiger partial charge in [0.1, 0.15) is 36.2 Å². The molecular weight excluding hydrogens is 527 g/mol. The van der Waals surface area contributed by atoms with Gasteiger partial charge in [-0.25, -0.2) is 17.9 Å². The van der Waals surface area contributed by atoms with Gasteiger partial charge in [-0.2, -0.15) is 0 Å². The predicted molar refractivity (Wildman–Crippen MR) is 132 cm³/mol. The maximum absolute atomic E-state index is 13.8. The van der Waals surface area contributed by atoms with E-state index in [2.05, 4.69) is 10.3 Å². The van der Waals surface area contributed by atoms with E-state index < -0.39 is 60.6 Å². The Morgan fingerprint density at radius 2 is 1.79 bits per heavy atom. The topological polar surface area (TPSA) is 98.9 Å². The molecule has 2 aromatic carbocycles. The Labute approximate surface area is 222 Å². The van der Waals surface area contributed by atoms with Crippen molar-refractivity contribution >= 4 is 11.6 Å². The van der Waals surface area contributed by atoms with E-state index in [-0.39, 0.29) is 23.8 Å². The average Bonchev–Trinajstić information content (AvgIpc) is 3.38. The summed E-state index contributed by atoms with van der Waals surface area (Å²) in [6, 6.07) is 7.91. The van der Waals surface area contributed by atoms with Crippen LogP contribution in [0, 0.1) is 23.4 Å². The van der Waals surface area contributed by atoms with Crippen LogP contribution >= 0.6 is 11.6 Å². The van der Waals surface area contributed by atoms with Crippen molar-refractivity contribution in [1.82, 2.24) is 15.0 Å². The average molecular weight is 556 g/mol. The molecule has 0 aliphatic carbocycles. The monoisotopic (exact) mass is 555 g/mol. The number of hydrogen-bond acceptors (Lipinski definition) is 7. The van der Waals surface area contributed by atoms with Crippen LogP contribution in [0.5, 0.6) is 0 Å². The van der Waals surface area contributed by atoms with Crippen molar-refractivity contribution in [2.75, 3.05) is 13.7 Å². The summed E-state index contributed by atoms with van der Waals surface area (Å²) in [7, 11) is 1.44. The van der Waals surface area contributed by atoms with Crippen molar-refractivity contribution in [3.63, 3.8) is 0 Å². The Kier molecular flexibility index (Phi) is 9.07.